The van der Waals surface area contributed by atoms with Gasteiger partial charge in [0.2, 0.25) is 0 Å². The van der Waals surface area contributed by atoms with Crippen molar-refractivity contribution in [1.82, 2.24) is 0 Å². The summed E-state index contributed by atoms with van der Waals surface area (Å²) < 4.78 is 15.5. The molecule has 0 atom stereocenters. The molecule has 0 bridgehead atoms. The van der Waals surface area contributed by atoms with Gasteiger partial charge in [-0.1, -0.05) is 12.1 Å². The number of carbonyl (C=O) groups excluding carboxylic acids is 2. The number of rotatable bonds is 6. The Morgan fingerprint density at radius 2 is 2.08 bits per heavy atom. The van der Waals surface area contributed by atoms with Gasteiger partial charge in [-0.05, 0) is 40.5 Å². The van der Waals surface area contributed by atoms with Crippen molar-refractivity contribution in [3.63, 3.8) is 0 Å². The molecule has 128 valence electrons. The fourth-order valence-electron chi connectivity index (χ4n) is 1.92. The molecule has 1 aromatic heterocycles. The number of thiophene rings is 1. The molecule has 0 saturated carbocycles. The molecule has 8 heteroatoms. The zero-order chi connectivity index (χ0) is 17.7. The van der Waals surface area contributed by atoms with Crippen LogP contribution in [0.5, 0.6) is 11.5 Å². The first-order valence-electron chi connectivity index (χ1n) is 6.96. The summed E-state index contributed by atoms with van der Waals surface area (Å²) >= 11 is 4.53. The Bertz CT molecular complexity index is 755. The molecule has 0 amide bonds. The highest BCUT2D eigenvalue weighted by Crippen LogP contribution is 2.46. The van der Waals surface area contributed by atoms with Crippen LogP contribution < -0.4 is 4.74 Å². The molecule has 2 aromatic rings. The maximum absolute atomic E-state index is 12.0. The van der Waals surface area contributed by atoms with Gasteiger partial charge in [-0.3, -0.25) is 0 Å². The summed E-state index contributed by atoms with van der Waals surface area (Å²) in [5.74, 6) is -0.809. The van der Waals surface area contributed by atoms with Gasteiger partial charge in [-0.25, -0.2) is 9.59 Å². The molecule has 1 N–H and O–H groups in total. The van der Waals surface area contributed by atoms with Gasteiger partial charge in [0.1, 0.15) is 5.75 Å². The number of hydrogen-bond acceptors (Lipinski definition) is 7. The van der Waals surface area contributed by atoms with Crippen LogP contribution in [0.2, 0.25) is 0 Å². The Kier molecular flexibility index (Phi) is 6.22. The van der Waals surface area contributed by atoms with E-state index in [0.29, 0.717) is 14.9 Å². The number of ether oxygens (including phenoxy) is 3. The van der Waals surface area contributed by atoms with Crippen LogP contribution >= 0.6 is 27.3 Å². The quantitative estimate of drug-likeness (QED) is 0.726. The first-order valence-corrected chi connectivity index (χ1v) is 8.57. The average Bonchev–Trinajstić information content (AvgIpc) is 2.89. The lowest BCUT2D eigenvalue weighted by Gasteiger charge is -2.07. The van der Waals surface area contributed by atoms with Crippen LogP contribution in [0.3, 0.4) is 0 Å². The summed E-state index contributed by atoms with van der Waals surface area (Å²) in [6, 6.07) is 6.58. The minimum atomic E-state index is -0.578. The van der Waals surface area contributed by atoms with Crippen molar-refractivity contribution < 1.29 is 28.9 Å². The summed E-state index contributed by atoms with van der Waals surface area (Å²) in [5, 5.41) is 9.64. The number of phenolic OH excluding ortho intramolecular Hbond substituents is 1. The number of halogens is 1. The summed E-state index contributed by atoms with van der Waals surface area (Å²) in [6.45, 7) is 1.61. The first kappa shape index (κ1) is 18.3. The second kappa shape index (κ2) is 8.16. The third kappa shape index (κ3) is 4.07. The zero-order valence-electron chi connectivity index (χ0n) is 13.0. The van der Waals surface area contributed by atoms with Crippen LogP contribution in [0, 0.1) is 0 Å². The van der Waals surface area contributed by atoms with Crippen molar-refractivity contribution in [3.8, 4) is 21.9 Å². The van der Waals surface area contributed by atoms with Crippen molar-refractivity contribution in [3.05, 3.63) is 33.6 Å². The topological polar surface area (TPSA) is 82.1 Å². The Labute approximate surface area is 151 Å². The maximum atomic E-state index is 12.0. The van der Waals surface area contributed by atoms with E-state index in [-0.39, 0.29) is 29.6 Å². The largest absolute Gasteiger partial charge is 0.508 e. The van der Waals surface area contributed by atoms with E-state index in [1.165, 1.54) is 7.11 Å². The van der Waals surface area contributed by atoms with E-state index in [4.69, 9.17) is 14.2 Å². The smallest absolute Gasteiger partial charge is 0.351 e. The number of phenols is 1. The van der Waals surface area contributed by atoms with Gasteiger partial charge in [0, 0.05) is 0 Å². The first-order chi connectivity index (χ1) is 11.5. The van der Waals surface area contributed by atoms with Gasteiger partial charge in [0.15, 0.2) is 17.2 Å². The SMILES string of the molecule is CCOC(=O)COc1c(C(=O)OC)sc(-c2cccc(O)c2)c1Br. The Morgan fingerprint density at radius 3 is 2.71 bits per heavy atom. The molecule has 1 heterocycles. The van der Waals surface area contributed by atoms with E-state index >= 15 is 0 Å². The number of benzene rings is 1. The van der Waals surface area contributed by atoms with Crippen molar-refractivity contribution in [1.29, 1.82) is 0 Å². The Hall–Kier alpha value is -2.06. The Balaban J connectivity index is 2.41. The Morgan fingerprint density at radius 1 is 1.33 bits per heavy atom. The molecule has 0 unspecified atom stereocenters. The van der Waals surface area contributed by atoms with Gasteiger partial charge in [-0.2, -0.15) is 0 Å². The lowest BCUT2D eigenvalue weighted by molar-refractivity contribution is -0.145. The second-order valence-electron chi connectivity index (χ2n) is 4.54. The third-order valence-corrected chi connectivity index (χ3v) is 5.15. The number of carbonyl (C=O) groups is 2. The highest BCUT2D eigenvalue weighted by atomic mass is 79.9. The summed E-state index contributed by atoms with van der Waals surface area (Å²) in [6.07, 6.45) is 0. The van der Waals surface area contributed by atoms with E-state index in [1.54, 1.807) is 31.2 Å². The van der Waals surface area contributed by atoms with Crippen molar-refractivity contribution in [2.24, 2.45) is 0 Å². The van der Waals surface area contributed by atoms with E-state index in [0.717, 1.165) is 11.3 Å². The minimum Gasteiger partial charge on any atom is -0.508 e. The highest BCUT2D eigenvalue weighted by Gasteiger charge is 2.25. The van der Waals surface area contributed by atoms with Crippen LogP contribution in [0.15, 0.2) is 28.7 Å². The highest BCUT2D eigenvalue weighted by molar-refractivity contribution is 9.10. The number of aromatic hydroxyl groups is 1. The fourth-order valence-corrected chi connectivity index (χ4v) is 3.89. The predicted octanol–water partition coefficient (Wildman–Crippen LogP) is 3.61. The number of hydrogen-bond donors (Lipinski definition) is 1. The fraction of sp³-hybridized carbons (Fsp3) is 0.250. The standard InChI is InChI=1S/C16H15BrO6S/c1-3-22-11(19)8-23-13-12(17)14(24-15(13)16(20)21-2)9-5-4-6-10(18)7-9/h4-7,18H,3,8H2,1-2H3. The molecule has 0 aliphatic rings. The average molecular weight is 415 g/mol. The van der Waals surface area contributed by atoms with Crippen molar-refractivity contribution >= 4 is 39.2 Å². The van der Waals surface area contributed by atoms with Gasteiger partial charge >= 0.3 is 11.9 Å². The summed E-state index contributed by atoms with van der Waals surface area (Å²) in [5.41, 5.74) is 0.697. The van der Waals surface area contributed by atoms with Gasteiger partial charge in [-0.15, -0.1) is 11.3 Å². The normalized spacial score (nSPS) is 10.3. The lowest BCUT2D eigenvalue weighted by Crippen LogP contribution is -2.15. The van der Waals surface area contributed by atoms with Crippen LogP contribution in [-0.4, -0.2) is 37.4 Å². The van der Waals surface area contributed by atoms with Crippen LogP contribution in [0.25, 0.3) is 10.4 Å². The molecule has 0 fully saturated rings. The molecular weight excluding hydrogens is 400 g/mol. The van der Waals surface area contributed by atoms with E-state index < -0.39 is 11.9 Å². The molecule has 0 spiro atoms. The third-order valence-electron chi connectivity index (χ3n) is 2.93. The van der Waals surface area contributed by atoms with Gasteiger partial charge < -0.3 is 19.3 Å². The van der Waals surface area contributed by atoms with Gasteiger partial charge in [0.05, 0.1) is 23.1 Å². The van der Waals surface area contributed by atoms with Crippen LogP contribution in [-0.2, 0) is 14.3 Å². The van der Waals surface area contributed by atoms with E-state index in [2.05, 4.69) is 15.9 Å². The zero-order valence-corrected chi connectivity index (χ0v) is 15.4. The lowest BCUT2D eigenvalue weighted by atomic mass is 10.2. The van der Waals surface area contributed by atoms with Gasteiger partial charge in [0.25, 0.3) is 0 Å². The monoisotopic (exact) mass is 414 g/mol. The van der Waals surface area contributed by atoms with Crippen molar-refractivity contribution in [2.75, 3.05) is 20.3 Å². The molecule has 6 nitrogen and oxygen atoms in total. The molecule has 2 rings (SSSR count). The molecule has 0 aliphatic heterocycles. The molecule has 1 aromatic carbocycles. The summed E-state index contributed by atoms with van der Waals surface area (Å²) in [4.78, 5) is 24.4. The molecule has 24 heavy (non-hydrogen) atoms. The number of methoxy groups -OCH3 is 1. The number of esters is 2. The van der Waals surface area contributed by atoms with Crippen LogP contribution in [0.1, 0.15) is 16.6 Å². The van der Waals surface area contributed by atoms with Crippen molar-refractivity contribution in [2.45, 2.75) is 6.92 Å². The molecular formula is C16H15BrO6S. The van der Waals surface area contributed by atoms with E-state index in [1.807, 2.05) is 0 Å². The second-order valence-corrected chi connectivity index (χ2v) is 6.35. The molecule has 0 radical (unpaired) electrons. The molecule has 0 aliphatic carbocycles. The summed E-state index contributed by atoms with van der Waals surface area (Å²) in [7, 11) is 1.26. The predicted molar refractivity (Wildman–Crippen MR) is 92.6 cm³/mol. The van der Waals surface area contributed by atoms with Crippen LogP contribution in [0.4, 0.5) is 0 Å². The maximum Gasteiger partial charge on any atom is 0.351 e. The minimum absolute atomic E-state index is 0.0985. The molecule has 0 saturated heterocycles. The van der Waals surface area contributed by atoms with E-state index in [9.17, 15) is 14.7 Å².